The Bertz CT molecular complexity index is 392. The van der Waals surface area contributed by atoms with E-state index in [1.807, 2.05) is 6.92 Å². The van der Waals surface area contributed by atoms with Crippen LogP contribution in [-0.4, -0.2) is 6.04 Å². The lowest BCUT2D eigenvalue weighted by molar-refractivity contribution is 0.378. The van der Waals surface area contributed by atoms with Crippen LogP contribution in [0.1, 0.15) is 44.7 Å². The Kier molecular flexibility index (Phi) is 3.77. The predicted octanol–water partition coefficient (Wildman–Crippen LogP) is 3.80. The lowest BCUT2D eigenvalue weighted by atomic mass is 10.0. The average Bonchev–Trinajstić information content (AvgIpc) is 2.68. The highest BCUT2D eigenvalue weighted by Crippen LogP contribution is 2.28. The van der Waals surface area contributed by atoms with E-state index in [1.165, 1.54) is 12.8 Å². The van der Waals surface area contributed by atoms with Crippen LogP contribution in [0, 0.1) is 17.6 Å². The van der Waals surface area contributed by atoms with E-state index in [1.54, 1.807) is 12.1 Å². The van der Waals surface area contributed by atoms with Gasteiger partial charge in [-0.15, -0.1) is 0 Å². The zero-order valence-electron chi connectivity index (χ0n) is 10.3. The standard InChI is InChI=1S/C14H19F2N/c1-9-5-3-8-13(9)17-10(2)11-6-4-7-12(15)14(11)16/h4,6-7,9-10,13,17H,3,5,8H2,1-2H3. The Balaban J connectivity index is 2.09. The molecule has 1 aliphatic carbocycles. The molecule has 0 aromatic heterocycles. The van der Waals surface area contributed by atoms with Gasteiger partial charge in [0, 0.05) is 17.6 Å². The van der Waals surface area contributed by atoms with Gasteiger partial charge in [0.1, 0.15) is 0 Å². The molecular weight excluding hydrogens is 220 g/mol. The molecule has 94 valence electrons. The van der Waals surface area contributed by atoms with Crippen molar-refractivity contribution in [3.8, 4) is 0 Å². The van der Waals surface area contributed by atoms with Crippen molar-refractivity contribution in [3.05, 3.63) is 35.4 Å². The fraction of sp³-hybridized carbons (Fsp3) is 0.571. The van der Waals surface area contributed by atoms with Gasteiger partial charge in [-0.3, -0.25) is 0 Å². The summed E-state index contributed by atoms with van der Waals surface area (Å²) in [6.45, 7) is 4.10. The van der Waals surface area contributed by atoms with Crippen molar-refractivity contribution in [1.29, 1.82) is 0 Å². The quantitative estimate of drug-likeness (QED) is 0.846. The van der Waals surface area contributed by atoms with Gasteiger partial charge in [0.25, 0.3) is 0 Å². The van der Waals surface area contributed by atoms with Crippen LogP contribution in [0.15, 0.2) is 18.2 Å². The summed E-state index contributed by atoms with van der Waals surface area (Å²) in [4.78, 5) is 0. The molecule has 0 amide bonds. The summed E-state index contributed by atoms with van der Waals surface area (Å²) in [5.74, 6) is -0.872. The third kappa shape index (κ3) is 2.65. The van der Waals surface area contributed by atoms with Crippen LogP contribution in [0.3, 0.4) is 0 Å². The monoisotopic (exact) mass is 239 g/mol. The molecule has 17 heavy (non-hydrogen) atoms. The van der Waals surface area contributed by atoms with Gasteiger partial charge in [0.05, 0.1) is 0 Å². The summed E-state index contributed by atoms with van der Waals surface area (Å²) < 4.78 is 26.7. The van der Waals surface area contributed by atoms with Crippen LogP contribution < -0.4 is 5.32 Å². The van der Waals surface area contributed by atoms with Gasteiger partial charge in [-0.25, -0.2) is 8.78 Å². The summed E-state index contributed by atoms with van der Waals surface area (Å²) in [7, 11) is 0. The Morgan fingerprint density at radius 3 is 2.71 bits per heavy atom. The molecule has 3 atom stereocenters. The average molecular weight is 239 g/mol. The van der Waals surface area contributed by atoms with Gasteiger partial charge in [-0.2, -0.15) is 0 Å². The maximum atomic E-state index is 13.6. The molecule has 0 heterocycles. The highest BCUT2D eigenvalue weighted by Gasteiger charge is 2.25. The van der Waals surface area contributed by atoms with Crippen molar-refractivity contribution in [3.63, 3.8) is 0 Å². The highest BCUT2D eigenvalue weighted by molar-refractivity contribution is 5.22. The molecule has 1 aromatic carbocycles. The molecule has 0 bridgehead atoms. The van der Waals surface area contributed by atoms with Crippen LogP contribution in [-0.2, 0) is 0 Å². The van der Waals surface area contributed by atoms with Crippen molar-refractivity contribution in [2.45, 2.75) is 45.2 Å². The molecule has 3 heteroatoms. The zero-order chi connectivity index (χ0) is 12.4. The Hall–Kier alpha value is -0.960. The SMILES string of the molecule is CC(NC1CCCC1C)c1cccc(F)c1F. The van der Waals surface area contributed by atoms with E-state index in [0.717, 1.165) is 12.5 Å². The van der Waals surface area contributed by atoms with E-state index in [0.29, 0.717) is 17.5 Å². The second kappa shape index (κ2) is 5.13. The van der Waals surface area contributed by atoms with Gasteiger partial charge in [0.2, 0.25) is 0 Å². The summed E-state index contributed by atoms with van der Waals surface area (Å²) in [5.41, 5.74) is 0.420. The number of rotatable bonds is 3. The van der Waals surface area contributed by atoms with Crippen LogP contribution in [0.25, 0.3) is 0 Å². The van der Waals surface area contributed by atoms with Crippen molar-refractivity contribution in [2.75, 3.05) is 0 Å². The number of benzene rings is 1. The molecule has 1 aliphatic rings. The Labute approximate surface area is 101 Å². The molecule has 0 aliphatic heterocycles. The first-order valence-electron chi connectivity index (χ1n) is 6.29. The summed E-state index contributed by atoms with van der Waals surface area (Å²) >= 11 is 0. The van der Waals surface area contributed by atoms with Crippen LogP contribution in [0.2, 0.25) is 0 Å². The zero-order valence-corrected chi connectivity index (χ0v) is 10.3. The lowest BCUT2D eigenvalue weighted by Gasteiger charge is -2.23. The van der Waals surface area contributed by atoms with Crippen LogP contribution >= 0.6 is 0 Å². The maximum absolute atomic E-state index is 13.6. The first-order valence-corrected chi connectivity index (χ1v) is 6.29. The molecule has 1 aromatic rings. The maximum Gasteiger partial charge on any atom is 0.163 e. The largest absolute Gasteiger partial charge is 0.307 e. The smallest absolute Gasteiger partial charge is 0.163 e. The number of nitrogens with one attached hydrogen (secondary N) is 1. The van der Waals surface area contributed by atoms with Crippen molar-refractivity contribution in [1.82, 2.24) is 5.32 Å². The van der Waals surface area contributed by atoms with Crippen molar-refractivity contribution >= 4 is 0 Å². The van der Waals surface area contributed by atoms with Gasteiger partial charge >= 0.3 is 0 Å². The first kappa shape index (κ1) is 12.5. The fourth-order valence-electron chi connectivity index (χ4n) is 2.66. The molecule has 1 saturated carbocycles. The molecule has 3 unspecified atom stereocenters. The van der Waals surface area contributed by atoms with E-state index < -0.39 is 11.6 Å². The minimum absolute atomic E-state index is 0.142. The fourth-order valence-corrected chi connectivity index (χ4v) is 2.66. The minimum atomic E-state index is -0.768. The topological polar surface area (TPSA) is 12.0 Å². The van der Waals surface area contributed by atoms with E-state index in [-0.39, 0.29) is 6.04 Å². The second-order valence-electron chi connectivity index (χ2n) is 5.05. The summed E-state index contributed by atoms with van der Waals surface area (Å²) in [6.07, 6.45) is 3.57. The third-order valence-corrected chi connectivity index (χ3v) is 3.77. The summed E-state index contributed by atoms with van der Waals surface area (Å²) in [6, 6.07) is 4.65. The third-order valence-electron chi connectivity index (χ3n) is 3.77. The lowest BCUT2D eigenvalue weighted by Crippen LogP contribution is -2.33. The normalized spacial score (nSPS) is 26.1. The molecule has 0 radical (unpaired) electrons. The van der Waals surface area contributed by atoms with E-state index in [9.17, 15) is 8.78 Å². The van der Waals surface area contributed by atoms with Gasteiger partial charge in [-0.05, 0) is 31.7 Å². The van der Waals surface area contributed by atoms with Crippen molar-refractivity contribution in [2.24, 2.45) is 5.92 Å². The molecule has 0 saturated heterocycles. The molecule has 1 N–H and O–H groups in total. The number of hydrogen-bond donors (Lipinski definition) is 1. The highest BCUT2D eigenvalue weighted by atomic mass is 19.2. The predicted molar refractivity (Wildman–Crippen MR) is 64.7 cm³/mol. The van der Waals surface area contributed by atoms with Crippen LogP contribution in [0.5, 0.6) is 0 Å². The Morgan fingerprint density at radius 1 is 1.29 bits per heavy atom. The second-order valence-corrected chi connectivity index (χ2v) is 5.05. The van der Waals surface area contributed by atoms with E-state index >= 15 is 0 Å². The van der Waals surface area contributed by atoms with E-state index in [2.05, 4.69) is 12.2 Å². The van der Waals surface area contributed by atoms with Gasteiger partial charge < -0.3 is 5.32 Å². The molecule has 0 spiro atoms. The van der Waals surface area contributed by atoms with Gasteiger partial charge in [0.15, 0.2) is 11.6 Å². The molecule has 1 fully saturated rings. The Morgan fingerprint density at radius 2 is 2.06 bits per heavy atom. The number of hydrogen-bond acceptors (Lipinski definition) is 1. The first-order chi connectivity index (χ1) is 8.09. The van der Waals surface area contributed by atoms with Crippen molar-refractivity contribution < 1.29 is 8.78 Å². The summed E-state index contributed by atoms with van der Waals surface area (Å²) in [5, 5.41) is 3.41. The molecular formula is C14H19F2N. The van der Waals surface area contributed by atoms with Gasteiger partial charge in [-0.1, -0.05) is 25.5 Å². The minimum Gasteiger partial charge on any atom is -0.307 e. The van der Waals surface area contributed by atoms with E-state index in [4.69, 9.17) is 0 Å². The molecule has 2 rings (SSSR count). The molecule has 1 nitrogen and oxygen atoms in total. The van der Waals surface area contributed by atoms with Crippen LogP contribution in [0.4, 0.5) is 8.78 Å². The number of halogens is 2.